The number of esters is 2. The highest BCUT2D eigenvalue weighted by atomic mass is 79.9. The van der Waals surface area contributed by atoms with Crippen LogP contribution in [0.25, 0.3) is 21.9 Å². The number of methoxy groups -OCH3 is 2. The van der Waals surface area contributed by atoms with Crippen LogP contribution in [0.2, 0.25) is 0 Å². The Bertz CT molecular complexity index is 1430. The van der Waals surface area contributed by atoms with E-state index in [9.17, 15) is 14.4 Å². The first-order valence-electron chi connectivity index (χ1n) is 10.1. The third kappa shape index (κ3) is 4.32. The Hall–Kier alpha value is -3.71. The lowest BCUT2D eigenvalue weighted by Crippen LogP contribution is -2.28. The fraction of sp³-hybridized carbons (Fsp3) is 0.115. The average molecular weight is 506 g/mol. The van der Waals surface area contributed by atoms with Crippen molar-refractivity contribution in [2.75, 3.05) is 14.2 Å². The monoisotopic (exact) mass is 505 g/mol. The van der Waals surface area contributed by atoms with Crippen LogP contribution in [0.1, 0.15) is 26.4 Å². The molecule has 6 nitrogen and oxygen atoms in total. The van der Waals surface area contributed by atoms with Crippen LogP contribution in [0.15, 0.2) is 82.1 Å². The number of hydrogen-bond acceptors (Lipinski definition) is 5. The van der Waals surface area contributed by atoms with Crippen LogP contribution in [0.5, 0.6) is 0 Å². The van der Waals surface area contributed by atoms with Gasteiger partial charge in [-0.1, -0.05) is 58.4 Å². The summed E-state index contributed by atoms with van der Waals surface area (Å²) in [5, 5.41) is 1.11. The fourth-order valence-electron chi connectivity index (χ4n) is 3.87. The second-order valence-corrected chi connectivity index (χ2v) is 8.27. The maximum atomic E-state index is 13.6. The summed E-state index contributed by atoms with van der Waals surface area (Å²) in [6, 6.07) is 21.5. The summed E-state index contributed by atoms with van der Waals surface area (Å²) in [4.78, 5) is 38.6. The Morgan fingerprint density at radius 1 is 0.848 bits per heavy atom. The molecule has 4 rings (SSSR count). The van der Waals surface area contributed by atoms with Gasteiger partial charge in [-0.3, -0.25) is 9.36 Å². The highest BCUT2D eigenvalue weighted by Gasteiger charge is 2.24. The summed E-state index contributed by atoms with van der Waals surface area (Å²) in [6.45, 7) is 0.0694. The minimum atomic E-state index is -0.628. The van der Waals surface area contributed by atoms with Crippen molar-refractivity contribution < 1.29 is 19.1 Å². The second-order valence-electron chi connectivity index (χ2n) is 7.35. The van der Waals surface area contributed by atoms with Crippen LogP contribution in [0, 0.1) is 0 Å². The zero-order chi connectivity index (χ0) is 23.5. The van der Waals surface area contributed by atoms with Gasteiger partial charge in [-0.15, -0.1) is 0 Å². The second kappa shape index (κ2) is 9.42. The van der Waals surface area contributed by atoms with Gasteiger partial charge in [0.1, 0.15) is 5.69 Å². The summed E-state index contributed by atoms with van der Waals surface area (Å²) < 4.78 is 12.1. The van der Waals surface area contributed by atoms with Crippen LogP contribution in [0.3, 0.4) is 0 Å². The van der Waals surface area contributed by atoms with Crippen LogP contribution < -0.4 is 5.56 Å². The largest absolute Gasteiger partial charge is 0.465 e. The Morgan fingerprint density at radius 2 is 1.58 bits per heavy atom. The van der Waals surface area contributed by atoms with E-state index in [0.717, 1.165) is 10.0 Å². The molecule has 1 aromatic heterocycles. The molecule has 0 aliphatic heterocycles. The Labute approximate surface area is 198 Å². The van der Waals surface area contributed by atoms with E-state index < -0.39 is 11.9 Å². The summed E-state index contributed by atoms with van der Waals surface area (Å²) in [5.41, 5.74) is 2.21. The van der Waals surface area contributed by atoms with Gasteiger partial charge in [0.15, 0.2) is 0 Å². The Kier molecular flexibility index (Phi) is 6.42. The molecule has 0 saturated carbocycles. The quantitative estimate of drug-likeness (QED) is 0.354. The molecule has 4 aromatic rings. The number of hydrogen-bond donors (Lipinski definition) is 0. The number of benzene rings is 3. The first-order chi connectivity index (χ1) is 15.9. The highest BCUT2D eigenvalue weighted by molar-refractivity contribution is 9.10. The molecule has 0 atom stereocenters. The van der Waals surface area contributed by atoms with Crippen molar-refractivity contribution in [3.05, 3.63) is 104 Å². The third-order valence-electron chi connectivity index (χ3n) is 5.36. The smallest absolute Gasteiger partial charge is 0.355 e. The molecular formula is C26H20BrNO5. The van der Waals surface area contributed by atoms with Crippen LogP contribution in [-0.2, 0) is 16.0 Å². The number of carbonyl (C=O) groups is 2. The molecule has 0 bridgehead atoms. The molecular weight excluding hydrogens is 486 g/mol. The molecule has 7 heteroatoms. The van der Waals surface area contributed by atoms with Crippen LogP contribution in [0.4, 0.5) is 0 Å². The third-order valence-corrected chi connectivity index (χ3v) is 5.86. The standard InChI is InChI=1S/C26H20BrNO5/c1-32-25(30)18-10-6-7-16(13-18)15-28-23(26(31)33-2)22(17-8-4-3-5-9-17)21-14-19(27)11-12-20(21)24(28)29/h3-14H,15H2,1-2H3. The van der Waals surface area contributed by atoms with Crippen molar-refractivity contribution >= 4 is 38.6 Å². The molecule has 1 heterocycles. The Morgan fingerprint density at radius 3 is 2.27 bits per heavy atom. The molecule has 0 amide bonds. The van der Waals surface area contributed by atoms with E-state index in [1.807, 2.05) is 36.4 Å². The van der Waals surface area contributed by atoms with Gasteiger partial charge in [0.05, 0.1) is 26.3 Å². The molecule has 0 saturated heterocycles. The van der Waals surface area contributed by atoms with E-state index in [2.05, 4.69) is 15.9 Å². The van der Waals surface area contributed by atoms with Gasteiger partial charge < -0.3 is 9.47 Å². The maximum Gasteiger partial charge on any atom is 0.355 e. The lowest BCUT2D eigenvalue weighted by molar-refractivity contribution is 0.0583. The molecule has 0 unspecified atom stereocenters. The number of aromatic nitrogens is 1. The van der Waals surface area contributed by atoms with Gasteiger partial charge in [0.2, 0.25) is 0 Å². The molecule has 0 aliphatic rings. The van der Waals surface area contributed by atoms with Crippen LogP contribution in [-0.4, -0.2) is 30.7 Å². The predicted molar refractivity (Wildman–Crippen MR) is 130 cm³/mol. The van der Waals surface area contributed by atoms with Gasteiger partial charge in [0, 0.05) is 15.4 Å². The summed E-state index contributed by atoms with van der Waals surface area (Å²) in [5.74, 6) is -1.11. The SMILES string of the molecule is COC(=O)c1cccc(Cn2c(C(=O)OC)c(-c3ccccc3)c3cc(Br)ccc3c2=O)c1. The highest BCUT2D eigenvalue weighted by Crippen LogP contribution is 2.33. The Balaban J connectivity index is 2.05. The van der Waals surface area contributed by atoms with Gasteiger partial charge in [0.25, 0.3) is 5.56 Å². The number of carbonyl (C=O) groups excluding carboxylic acids is 2. The van der Waals surface area contributed by atoms with E-state index in [4.69, 9.17) is 9.47 Å². The summed E-state index contributed by atoms with van der Waals surface area (Å²) in [6.07, 6.45) is 0. The first-order valence-corrected chi connectivity index (χ1v) is 10.9. The normalized spacial score (nSPS) is 10.8. The number of ether oxygens (including phenoxy) is 2. The van der Waals surface area contributed by atoms with E-state index >= 15 is 0 Å². The molecule has 0 N–H and O–H groups in total. The minimum Gasteiger partial charge on any atom is -0.465 e. The predicted octanol–water partition coefficient (Wildman–Crippen LogP) is 5.05. The van der Waals surface area contributed by atoms with Crippen molar-refractivity contribution in [1.82, 2.24) is 4.57 Å². The molecule has 166 valence electrons. The van der Waals surface area contributed by atoms with E-state index in [1.54, 1.807) is 36.4 Å². The number of fused-ring (bicyclic) bond motifs is 1. The lowest BCUT2D eigenvalue weighted by atomic mass is 9.96. The van der Waals surface area contributed by atoms with Gasteiger partial charge >= 0.3 is 11.9 Å². The molecule has 33 heavy (non-hydrogen) atoms. The number of halogens is 1. The molecule has 3 aromatic carbocycles. The topological polar surface area (TPSA) is 74.6 Å². The van der Waals surface area contributed by atoms with Crippen LogP contribution >= 0.6 is 15.9 Å². The summed E-state index contributed by atoms with van der Waals surface area (Å²) >= 11 is 3.47. The van der Waals surface area contributed by atoms with Gasteiger partial charge in [-0.25, -0.2) is 9.59 Å². The first kappa shape index (κ1) is 22.5. The van der Waals surface area contributed by atoms with Gasteiger partial charge in [-0.2, -0.15) is 0 Å². The van der Waals surface area contributed by atoms with Crippen molar-refractivity contribution in [3.8, 4) is 11.1 Å². The molecule has 0 radical (unpaired) electrons. The average Bonchev–Trinajstić information content (AvgIpc) is 2.85. The summed E-state index contributed by atoms with van der Waals surface area (Å²) in [7, 11) is 2.59. The van der Waals surface area contributed by atoms with E-state index in [0.29, 0.717) is 27.5 Å². The van der Waals surface area contributed by atoms with Gasteiger partial charge in [-0.05, 0) is 46.8 Å². The molecule has 0 fully saturated rings. The molecule has 0 aliphatic carbocycles. The minimum absolute atomic E-state index is 0.0694. The van der Waals surface area contributed by atoms with Crippen molar-refractivity contribution in [1.29, 1.82) is 0 Å². The van der Waals surface area contributed by atoms with Crippen molar-refractivity contribution in [2.45, 2.75) is 6.54 Å². The van der Waals surface area contributed by atoms with Crippen molar-refractivity contribution in [3.63, 3.8) is 0 Å². The number of pyridine rings is 1. The lowest BCUT2D eigenvalue weighted by Gasteiger charge is -2.19. The number of nitrogens with zero attached hydrogens (tertiary/aromatic N) is 1. The van der Waals surface area contributed by atoms with E-state index in [-0.39, 0.29) is 17.8 Å². The zero-order valence-electron chi connectivity index (χ0n) is 18.0. The van der Waals surface area contributed by atoms with Crippen molar-refractivity contribution in [2.24, 2.45) is 0 Å². The molecule has 0 spiro atoms. The van der Waals surface area contributed by atoms with E-state index in [1.165, 1.54) is 18.8 Å². The fourth-order valence-corrected chi connectivity index (χ4v) is 4.23. The maximum absolute atomic E-state index is 13.6. The zero-order valence-corrected chi connectivity index (χ0v) is 19.6. The number of rotatable bonds is 5.